The molecule has 0 saturated heterocycles. The molecule has 0 fully saturated rings. The summed E-state index contributed by atoms with van der Waals surface area (Å²) in [7, 11) is 0. The number of carbonyl (C=O) groups excluding carboxylic acids is 4. The normalized spacial score (nSPS) is 10.0. The molecule has 0 radical (unpaired) electrons. The lowest BCUT2D eigenvalue weighted by Crippen LogP contribution is -2.33. The van der Waals surface area contributed by atoms with Crippen molar-refractivity contribution in [2.24, 2.45) is 0 Å². The van der Waals surface area contributed by atoms with E-state index in [2.05, 4.69) is 21.3 Å². The van der Waals surface area contributed by atoms with Gasteiger partial charge in [0.15, 0.2) is 0 Å². The number of anilines is 3. The van der Waals surface area contributed by atoms with Crippen molar-refractivity contribution in [3.63, 3.8) is 0 Å². The summed E-state index contributed by atoms with van der Waals surface area (Å²) >= 11 is 0. The smallest absolute Gasteiger partial charge is 0.251 e. The molecule has 8 heteroatoms. The Morgan fingerprint density at radius 3 is 1.97 bits per heavy atom. The molecule has 29 heavy (non-hydrogen) atoms. The zero-order valence-corrected chi connectivity index (χ0v) is 16.6. The number of rotatable bonds is 7. The average molecular weight is 396 g/mol. The molecule has 0 spiro atoms. The molecule has 2 rings (SSSR count). The van der Waals surface area contributed by atoms with Crippen molar-refractivity contribution in [1.82, 2.24) is 5.32 Å². The Morgan fingerprint density at radius 2 is 1.41 bits per heavy atom. The minimum atomic E-state index is -0.511. The van der Waals surface area contributed by atoms with E-state index in [4.69, 9.17) is 0 Å². The van der Waals surface area contributed by atoms with Crippen LogP contribution in [0.5, 0.6) is 0 Å². The Hall–Kier alpha value is -3.68. The molecule has 0 saturated carbocycles. The van der Waals surface area contributed by atoms with Gasteiger partial charge in [0.25, 0.3) is 5.91 Å². The van der Waals surface area contributed by atoms with Gasteiger partial charge in [-0.15, -0.1) is 0 Å². The molecule has 2 aromatic rings. The molecule has 2 aromatic carbocycles. The zero-order chi connectivity index (χ0) is 21.4. The number of benzene rings is 2. The van der Waals surface area contributed by atoms with Crippen LogP contribution in [-0.2, 0) is 20.8 Å². The van der Waals surface area contributed by atoms with E-state index in [0.717, 1.165) is 12.0 Å². The van der Waals surface area contributed by atoms with Crippen molar-refractivity contribution in [1.29, 1.82) is 0 Å². The van der Waals surface area contributed by atoms with Gasteiger partial charge < -0.3 is 21.3 Å². The molecule has 0 unspecified atom stereocenters. The summed E-state index contributed by atoms with van der Waals surface area (Å²) in [6, 6.07) is 11.9. The summed E-state index contributed by atoms with van der Waals surface area (Å²) in [4.78, 5) is 47.3. The van der Waals surface area contributed by atoms with Gasteiger partial charge in [-0.25, -0.2) is 0 Å². The molecular formula is C21H24N4O4. The fourth-order valence-electron chi connectivity index (χ4n) is 2.72. The Bertz CT molecular complexity index is 906. The van der Waals surface area contributed by atoms with Crippen LogP contribution in [0.25, 0.3) is 0 Å². The van der Waals surface area contributed by atoms with E-state index in [1.165, 1.54) is 32.0 Å². The first-order valence-electron chi connectivity index (χ1n) is 9.14. The minimum Gasteiger partial charge on any atom is -0.343 e. The van der Waals surface area contributed by atoms with Gasteiger partial charge in [0, 0.05) is 36.5 Å². The maximum Gasteiger partial charge on any atom is 0.251 e. The molecular weight excluding hydrogens is 372 g/mol. The van der Waals surface area contributed by atoms with E-state index in [-0.39, 0.29) is 29.8 Å². The predicted molar refractivity (Wildman–Crippen MR) is 112 cm³/mol. The highest BCUT2D eigenvalue weighted by Gasteiger charge is 2.12. The maximum absolute atomic E-state index is 12.5. The van der Waals surface area contributed by atoms with Gasteiger partial charge in [-0.05, 0) is 36.2 Å². The van der Waals surface area contributed by atoms with Gasteiger partial charge >= 0.3 is 0 Å². The molecule has 0 aliphatic carbocycles. The van der Waals surface area contributed by atoms with Gasteiger partial charge in [0.2, 0.25) is 17.7 Å². The van der Waals surface area contributed by atoms with Crippen LogP contribution < -0.4 is 21.3 Å². The Labute approximate surface area is 169 Å². The van der Waals surface area contributed by atoms with E-state index in [1.54, 1.807) is 6.07 Å². The number of para-hydroxylation sites is 1. The van der Waals surface area contributed by atoms with Gasteiger partial charge in [-0.1, -0.05) is 25.1 Å². The number of carbonyl (C=O) groups is 4. The second-order valence-electron chi connectivity index (χ2n) is 6.40. The fraction of sp³-hybridized carbons (Fsp3) is 0.238. The molecule has 152 valence electrons. The summed E-state index contributed by atoms with van der Waals surface area (Å²) in [6.07, 6.45) is 0.769. The topological polar surface area (TPSA) is 116 Å². The SMILES string of the molecule is CCc1ccccc1NC(=O)CNC(=O)c1cc(NC(C)=O)cc(NC(C)=O)c1. The van der Waals surface area contributed by atoms with Crippen LogP contribution >= 0.6 is 0 Å². The summed E-state index contributed by atoms with van der Waals surface area (Å²) < 4.78 is 0. The standard InChI is InChI=1S/C21H24N4O4/c1-4-15-7-5-6-8-19(15)25-20(28)12-22-21(29)16-9-17(23-13(2)26)11-18(10-16)24-14(3)27/h5-11H,4,12H2,1-3H3,(H,22,29)(H,23,26)(H,24,27)(H,25,28). The number of hydrogen-bond acceptors (Lipinski definition) is 4. The lowest BCUT2D eigenvalue weighted by atomic mass is 10.1. The zero-order valence-electron chi connectivity index (χ0n) is 16.6. The van der Waals surface area contributed by atoms with Crippen LogP contribution in [-0.4, -0.2) is 30.2 Å². The van der Waals surface area contributed by atoms with Crippen LogP contribution in [0.3, 0.4) is 0 Å². The third-order valence-corrected chi connectivity index (χ3v) is 3.92. The molecule has 0 bridgehead atoms. The minimum absolute atomic E-state index is 0.196. The highest BCUT2D eigenvalue weighted by atomic mass is 16.2. The molecule has 0 aliphatic rings. The lowest BCUT2D eigenvalue weighted by Gasteiger charge is -2.12. The average Bonchev–Trinajstić information content (AvgIpc) is 2.65. The van der Waals surface area contributed by atoms with Crippen LogP contribution in [0.15, 0.2) is 42.5 Å². The first-order chi connectivity index (χ1) is 13.8. The van der Waals surface area contributed by atoms with E-state index in [0.29, 0.717) is 17.1 Å². The van der Waals surface area contributed by atoms with E-state index in [1.807, 2.05) is 25.1 Å². The van der Waals surface area contributed by atoms with Gasteiger partial charge in [-0.2, -0.15) is 0 Å². The molecule has 0 aliphatic heterocycles. The van der Waals surface area contributed by atoms with E-state index < -0.39 is 5.91 Å². The Morgan fingerprint density at radius 1 is 0.828 bits per heavy atom. The monoisotopic (exact) mass is 396 g/mol. The molecule has 8 nitrogen and oxygen atoms in total. The van der Waals surface area contributed by atoms with Crippen LogP contribution in [0.1, 0.15) is 36.7 Å². The molecule has 0 atom stereocenters. The lowest BCUT2D eigenvalue weighted by molar-refractivity contribution is -0.115. The van der Waals surface area contributed by atoms with Crippen LogP contribution in [0.4, 0.5) is 17.1 Å². The quantitative estimate of drug-likeness (QED) is 0.575. The third kappa shape index (κ3) is 6.76. The van der Waals surface area contributed by atoms with Crippen molar-refractivity contribution in [3.8, 4) is 0 Å². The van der Waals surface area contributed by atoms with Crippen molar-refractivity contribution in [2.75, 3.05) is 22.5 Å². The van der Waals surface area contributed by atoms with Crippen LogP contribution in [0, 0.1) is 0 Å². The number of hydrogen-bond donors (Lipinski definition) is 4. The first kappa shape index (κ1) is 21.6. The van der Waals surface area contributed by atoms with Crippen LogP contribution in [0.2, 0.25) is 0 Å². The second kappa shape index (κ2) is 10.0. The largest absolute Gasteiger partial charge is 0.343 e. The van der Waals surface area contributed by atoms with Crippen molar-refractivity contribution < 1.29 is 19.2 Å². The fourth-order valence-corrected chi connectivity index (χ4v) is 2.72. The van der Waals surface area contributed by atoms with Crippen molar-refractivity contribution in [3.05, 3.63) is 53.6 Å². The summed E-state index contributed by atoms with van der Waals surface area (Å²) in [5, 5.41) is 10.5. The first-order valence-corrected chi connectivity index (χ1v) is 9.14. The van der Waals surface area contributed by atoms with E-state index >= 15 is 0 Å². The van der Waals surface area contributed by atoms with Crippen molar-refractivity contribution >= 4 is 40.7 Å². The number of amides is 4. The Balaban J connectivity index is 2.07. The van der Waals surface area contributed by atoms with Crippen molar-refractivity contribution in [2.45, 2.75) is 27.2 Å². The molecule has 0 heterocycles. The highest BCUT2D eigenvalue weighted by molar-refractivity contribution is 6.02. The third-order valence-electron chi connectivity index (χ3n) is 3.92. The van der Waals surface area contributed by atoms with E-state index in [9.17, 15) is 19.2 Å². The Kier molecular flexibility index (Phi) is 7.47. The highest BCUT2D eigenvalue weighted by Crippen LogP contribution is 2.19. The molecule has 4 amide bonds. The van der Waals surface area contributed by atoms with Gasteiger partial charge in [-0.3, -0.25) is 19.2 Å². The predicted octanol–water partition coefficient (Wildman–Crippen LogP) is 2.53. The second-order valence-corrected chi connectivity index (χ2v) is 6.40. The summed E-state index contributed by atoms with van der Waals surface area (Å²) in [5.41, 5.74) is 2.61. The van der Waals surface area contributed by atoms with Gasteiger partial charge in [0.05, 0.1) is 6.54 Å². The number of nitrogens with one attached hydrogen (secondary N) is 4. The molecule has 0 aromatic heterocycles. The maximum atomic E-state index is 12.5. The van der Waals surface area contributed by atoms with Gasteiger partial charge in [0.1, 0.15) is 0 Å². The summed E-state index contributed by atoms with van der Waals surface area (Å²) in [6.45, 7) is 4.44. The summed E-state index contributed by atoms with van der Waals surface area (Å²) in [5.74, 6) is -1.50. The molecule has 4 N–H and O–H groups in total. The number of aryl methyl sites for hydroxylation is 1.